The van der Waals surface area contributed by atoms with Crippen LogP contribution in [0.25, 0.3) is 0 Å². The van der Waals surface area contributed by atoms with Gasteiger partial charge in [-0.1, -0.05) is 37.2 Å². The van der Waals surface area contributed by atoms with Gasteiger partial charge < -0.3 is 14.2 Å². The van der Waals surface area contributed by atoms with Crippen molar-refractivity contribution in [3.05, 3.63) is 41.5 Å². The molecular formula is C17H21N3O3. The number of para-hydroxylation sites is 1. The fraction of sp³-hybridized carbons (Fsp3) is 0.471. The van der Waals surface area contributed by atoms with Crippen LogP contribution in [0, 0.1) is 5.92 Å². The Labute approximate surface area is 135 Å². The average molecular weight is 315 g/mol. The van der Waals surface area contributed by atoms with Crippen LogP contribution in [0.15, 0.2) is 28.8 Å². The van der Waals surface area contributed by atoms with E-state index in [0.717, 1.165) is 11.3 Å². The number of carbonyl (C=O) groups is 1. The molecule has 122 valence electrons. The lowest BCUT2D eigenvalue weighted by atomic mass is 9.95. The third-order valence-corrected chi connectivity index (χ3v) is 3.98. The lowest BCUT2D eigenvalue weighted by Gasteiger charge is -2.27. The zero-order valence-electron chi connectivity index (χ0n) is 13.7. The highest BCUT2D eigenvalue weighted by atomic mass is 16.5. The summed E-state index contributed by atoms with van der Waals surface area (Å²) in [5.74, 6) is 2.05. The van der Waals surface area contributed by atoms with Gasteiger partial charge >= 0.3 is 0 Å². The average Bonchev–Trinajstić information content (AvgIpc) is 3.02. The Kier molecular flexibility index (Phi) is 4.32. The number of rotatable bonds is 4. The first-order valence-corrected chi connectivity index (χ1v) is 7.82. The van der Waals surface area contributed by atoms with Crippen molar-refractivity contribution < 1.29 is 14.1 Å². The minimum atomic E-state index is -0.178. The van der Waals surface area contributed by atoms with Gasteiger partial charge in [0.25, 0.3) is 0 Å². The lowest BCUT2D eigenvalue weighted by molar-refractivity contribution is -0.136. The molecule has 0 spiro atoms. The van der Waals surface area contributed by atoms with Crippen LogP contribution in [0.2, 0.25) is 0 Å². The third-order valence-electron chi connectivity index (χ3n) is 3.98. The summed E-state index contributed by atoms with van der Waals surface area (Å²) < 4.78 is 10.9. The number of carbonyl (C=O) groups excluding carboxylic acids is 1. The molecule has 1 aliphatic rings. The number of amides is 1. The first-order valence-electron chi connectivity index (χ1n) is 7.82. The summed E-state index contributed by atoms with van der Waals surface area (Å²) in [7, 11) is 1.75. The topological polar surface area (TPSA) is 68.5 Å². The summed E-state index contributed by atoms with van der Waals surface area (Å²) in [4.78, 5) is 18.5. The van der Waals surface area contributed by atoms with Crippen molar-refractivity contribution in [2.45, 2.75) is 32.7 Å². The number of aromatic nitrogens is 2. The lowest BCUT2D eigenvalue weighted by Crippen LogP contribution is -2.38. The van der Waals surface area contributed by atoms with E-state index in [2.05, 4.69) is 10.1 Å². The van der Waals surface area contributed by atoms with Crippen molar-refractivity contribution in [2.24, 2.45) is 5.92 Å². The second kappa shape index (κ2) is 6.40. The van der Waals surface area contributed by atoms with Crippen LogP contribution in [-0.2, 0) is 17.8 Å². The standard InChI is InChI=1S/C17H21N3O3/c1-11(2)16-18-15(23-19-16)9-20(3)17(21)13-8-12-6-4-5-7-14(12)22-10-13/h4-7,11,13H,8-10H2,1-3H3. The van der Waals surface area contributed by atoms with Gasteiger partial charge in [-0.2, -0.15) is 4.98 Å². The largest absolute Gasteiger partial charge is 0.492 e. The van der Waals surface area contributed by atoms with Gasteiger partial charge in [-0.3, -0.25) is 4.79 Å². The van der Waals surface area contributed by atoms with Gasteiger partial charge in [-0.05, 0) is 18.1 Å². The molecule has 1 aromatic heterocycles. The van der Waals surface area contributed by atoms with Gasteiger partial charge in [-0.25, -0.2) is 0 Å². The van der Waals surface area contributed by atoms with E-state index in [1.807, 2.05) is 38.1 Å². The van der Waals surface area contributed by atoms with E-state index in [0.29, 0.717) is 31.3 Å². The van der Waals surface area contributed by atoms with Crippen LogP contribution < -0.4 is 4.74 Å². The Morgan fingerprint density at radius 3 is 2.91 bits per heavy atom. The number of nitrogens with zero attached hydrogens (tertiary/aromatic N) is 3. The maximum atomic E-state index is 12.6. The molecule has 23 heavy (non-hydrogen) atoms. The van der Waals surface area contributed by atoms with E-state index in [1.54, 1.807) is 11.9 Å². The van der Waals surface area contributed by atoms with E-state index in [-0.39, 0.29) is 17.7 Å². The number of benzene rings is 1. The zero-order chi connectivity index (χ0) is 16.4. The number of ether oxygens (including phenoxy) is 1. The Bertz CT molecular complexity index is 696. The molecule has 1 atom stereocenters. The van der Waals surface area contributed by atoms with Crippen LogP contribution in [-0.4, -0.2) is 34.6 Å². The molecule has 0 radical (unpaired) electrons. The minimum absolute atomic E-state index is 0.0313. The fourth-order valence-corrected chi connectivity index (χ4v) is 2.65. The molecule has 0 saturated heterocycles. The van der Waals surface area contributed by atoms with Crippen LogP contribution in [0.5, 0.6) is 5.75 Å². The van der Waals surface area contributed by atoms with Gasteiger partial charge in [0.05, 0.1) is 12.5 Å². The molecular weight excluding hydrogens is 294 g/mol. The Morgan fingerprint density at radius 2 is 2.17 bits per heavy atom. The van der Waals surface area contributed by atoms with E-state index in [1.165, 1.54) is 0 Å². The van der Waals surface area contributed by atoms with Gasteiger partial charge in [-0.15, -0.1) is 0 Å². The molecule has 1 aliphatic heterocycles. The van der Waals surface area contributed by atoms with Crippen molar-refractivity contribution in [3.8, 4) is 5.75 Å². The van der Waals surface area contributed by atoms with Gasteiger partial charge in [0.15, 0.2) is 5.82 Å². The summed E-state index contributed by atoms with van der Waals surface area (Å²) >= 11 is 0. The Hall–Kier alpha value is -2.37. The smallest absolute Gasteiger partial charge is 0.246 e. The molecule has 0 aliphatic carbocycles. The molecule has 1 amide bonds. The highest BCUT2D eigenvalue weighted by Gasteiger charge is 2.28. The predicted octanol–water partition coefficient (Wildman–Crippen LogP) is 2.40. The zero-order valence-corrected chi connectivity index (χ0v) is 13.7. The first kappa shape index (κ1) is 15.5. The van der Waals surface area contributed by atoms with Crippen molar-refractivity contribution in [1.29, 1.82) is 0 Å². The normalized spacial score (nSPS) is 16.8. The summed E-state index contributed by atoms with van der Waals surface area (Å²) in [5, 5.41) is 3.92. The van der Waals surface area contributed by atoms with Crippen LogP contribution in [0.3, 0.4) is 0 Å². The number of fused-ring (bicyclic) bond motifs is 1. The Balaban J connectivity index is 1.63. The number of hydrogen-bond donors (Lipinski definition) is 0. The maximum Gasteiger partial charge on any atom is 0.246 e. The molecule has 3 rings (SSSR count). The summed E-state index contributed by atoms with van der Waals surface area (Å²) in [6, 6.07) is 7.84. The molecule has 1 unspecified atom stereocenters. The second-order valence-electron chi connectivity index (χ2n) is 6.22. The van der Waals surface area contributed by atoms with E-state index in [9.17, 15) is 4.79 Å². The van der Waals surface area contributed by atoms with Crippen molar-refractivity contribution in [1.82, 2.24) is 15.0 Å². The molecule has 0 saturated carbocycles. The van der Waals surface area contributed by atoms with E-state index >= 15 is 0 Å². The predicted molar refractivity (Wildman–Crippen MR) is 84.0 cm³/mol. The molecule has 0 fully saturated rings. The maximum absolute atomic E-state index is 12.6. The number of hydrogen-bond acceptors (Lipinski definition) is 5. The van der Waals surface area contributed by atoms with Gasteiger partial charge in [0.2, 0.25) is 11.8 Å². The van der Waals surface area contributed by atoms with Crippen molar-refractivity contribution >= 4 is 5.91 Å². The fourth-order valence-electron chi connectivity index (χ4n) is 2.65. The minimum Gasteiger partial charge on any atom is -0.492 e. The van der Waals surface area contributed by atoms with E-state index < -0.39 is 0 Å². The highest BCUT2D eigenvalue weighted by Crippen LogP contribution is 2.27. The SMILES string of the molecule is CC(C)c1noc(CN(C)C(=O)C2COc3ccccc3C2)n1. The first-order chi connectivity index (χ1) is 11.0. The second-order valence-corrected chi connectivity index (χ2v) is 6.22. The molecule has 6 nitrogen and oxygen atoms in total. The molecule has 0 bridgehead atoms. The molecule has 6 heteroatoms. The summed E-state index contributed by atoms with van der Waals surface area (Å²) in [6.45, 7) is 4.72. The molecule has 2 aromatic rings. The molecule has 2 heterocycles. The third kappa shape index (κ3) is 3.36. The Morgan fingerprint density at radius 1 is 1.39 bits per heavy atom. The van der Waals surface area contributed by atoms with Crippen LogP contribution in [0.1, 0.15) is 37.0 Å². The van der Waals surface area contributed by atoms with Gasteiger partial charge in [0.1, 0.15) is 12.4 Å². The van der Waals surface area contributed by atoms with Crippen molar-refractivity contribution in [3.63, 3.8) is 0 Å². The van der Waals surface area contributed by atoms with Gasteiger partial charge in [0, 0.05) is 13.0 Å². The quantitative estimate of drug-likeness (QED) is 0.866. The van der Waals surface area contributed by atoms with Crippen LogP contribution >= 0.6 is 0 Å². The summed E-state index contributed by atoms with van der Waals surface area (Å²) in [6.07, 6.45) is 0.695. The highest BCUT2D eigenvalue weighted by molar-refractivity contribution is 5.79. The van der Waals surface area contributed by atoms with E-state index in [4.69, 9.17) is 9.26 Å². The monoisotopic (exact) mass is 315 g/mol. The summed E-state index contributed by atoms with van der Waals surface area (Å²) in [5.41, 5.74) is 1.07. The van der Waals surface area contributed by atoms with Crippen LogP contribution in [0.4, 0.5) is 0 Å². The molecule has 1 aromatic carbocycles. The van der Waals surface area contributed by atoms with Crippen molar-refractivity contribution in [2.75, 3.05) is 13.7 Å². The molecule has 0 N–H and O–H groups in total.